The molecule has 0 fully saturated rings. The number of carbonyl (C=O) groups is 3. The van der Waals surface area contributed by atoms with Gasteiger partial charge in [-0.3, -0.25) is 9.59 Å². The molecule has 4 N–H and O–H groups in total. The maximum Gasteiger partial charge on any atom is 0.328 e. The molecule has 7 atom stereocenters. The van der Waals surface area contributed by atoms with E-state index in [4.69, 9.17) is 10.2 Å². The maximum absolute atomic E-state index is 12.9. The third-order valence-electron chi connectivity index (χ3n) is 7.22. The van der Waals surface area contributed by atoms with Gasteiger partial charge in [-0.2, -0.15) is 0 Å². The summed E-state index contributed by atoms with van der Waals surface area (Å²) in [6.45, 7) is 15.0. The minimum Gasteiger partial charge on any atom is -0.481 e. The van der Waals surface area contributed by atoms with E-state index in [9.17, 15) is 24.6 Å². The van der Waals surface area contributed by atoms with Crippen molar-refractivity contribution in [2.24, 2.45) is 29.6 Å². The van der Waals surface area contributed by atoms with Gasteiger partial charge in [-0.1, -0.05) is 94.7 Å². The summed E-state index contributed by atoms with van der Waals surface area (Å²) < 4.78 is 0. The first-order chi connectivity index (χ1) is 18.6. The molecule has 7 unspecified atom stereocenters. The summed E-state index contributed by atoms with van der Waals surface area (Å²) in [5, 5.41) is 38.7. The van der Waals surface area contributed by atoms with Crippen molar-refractivity contribution in [1.29, 1.82) is 0 Å². The van der Waals surface area contributed by atoms with Crippen molar-refractivity contribution in [1.82, 2.24) is 0 Å². The molecule has 7 heteroatoms. The normalized spacial score (nSPS) is 18.8. The minimum absolute atomic E-state index is 0.0423. The Morgan fingerprint density at radius 3 is 2.05 bits per heavy atom. The van der Waals surface area contributed by atoms with Crippen molar-refractivity contribution in [3.8, 4) is 0 Å². The van der Waals surface area contributed by atoms with Crippen LogP contribution in [0.25, 0.3) is 0 Å². The predicted octanol–water partition coefficient (Wildman–Crippen LogP) is 6.53. The molecule has 0 spiro atoms. The lowest BCUT2D eigenvalue weighted by molar-refractivity contribution is -0.137. The minimum atomic E-state index is -1.02. The molecule has 0 rings (SSSR count). The van der Waals surface area contributed by atoms with E-state index in [-0.39, 0.29) is 35.9 Å². The van der Waals surface area contributed by atoms with E-state index >= 15 is 0 Å². The van der Waals surface area contributed by atoms with Gasteiger partial charge in [-0.05, 0) is 57.3 Å². The first-order valence-corrected chi connectivity index (χ1v) is 14.3. The zero-order valence-electron chi connectivity index (χ0n) is 25.6. The van der Waals surface area contributed by atoms with Crippen molar-refractivity contribution >= 4 is 17.7 Å². The highest BCUT2D eigenvalue weighted by molar-refractivity contribution is 5.85. The van der Waals surface area contributed by atoms with Crippen molar-refractivity contribution in [3.63, 3.8) is 0 Å². The second-order valence-electron chi connectivity index (χ2n) is 11.4. The lowest BCUT2D eigenvalue weighted by Crippen LogP contribution is -2.34. The van der Waals surface area contributed by atoms with Gasteiger partial charge in [-0.15, -0.1) is 0 Å². The van der Waals surface area contributed by atoms with Crippen LogP contribution in [-0.4, -0.2) is 50.4 Å². The van der Waals surface area contributed by atoms with Gasteiger partial charge in [-0.25, -0.2) is 4.79 Å². The number of hydrogen-bond acceptors (Lipinski definition) is 5. The molecule has 0 aromatic carbocycles. The predicted molar refractivity (Wildman–Crippen MR) is 161 cm³/mol. The summed E-state index contributed by atoms with van der Waals surface area (Å²) in [5.41, 5.74) is 2.72. The fraction of sp³-hybridized carbons (Fsp3) is 0.606. The highest BCUT2D eigenvalue weighted by Crippen LogP contribution is 2.24. The highest BCUT2D eigenvalue weighted by Gasteiger charge is 2.29. The molecule has 7 nitrogen and oxygen atoms in total. The molecule has 0 aliphatic heterocycles. The van der Waals surface area contributed by atoms with Crippen LogP contribution >= 0.6 is 0 Å². The van der Waals surface area contributed by atoms with Crippen LogP contribution in [0.1, 0.15) is 87.5 Å². The number of allylic oxidation sites excluding steroid dienone is 8. The van der Waals surface area contributed by atoms with Crippen LogP contribution in [0, 0.1) is 29.6 Å². The first-order valence-electron chi connectivity index (χ1n) is 14.3. The number of rotatable bonds is 19. The van der Waals surface area contributed by atoms with E-state index in [2.05, 4.69) is 26.0 Å². The van der Waals surface area contributed by atoms with Gasteiger partial charge in [0.25, 0.3) is 0 Å². The number of ketones is 1. The van der Waals surface area contributed by atoms with Crippen molar-refractivity contribution in [3.05, 3.63) is 59.3 Å². The number of Topliss-reactive ketones (excluding diaryl/α,β-unsaturated/α-hetero) is 1. The Morgan fingerprint density at radius 1 is 0.875 bits per heavy atom. The van der Waals surface area contributed by atoms with Gasteiger partial charge >= 0.3 is 11.9 Å². The monoisotopic (exact) mass is 560 g/mol. The summed E-state index contributed by atoms with van der Waals surface area (Å²) in [6.07, 6.45) is 13.9. The lowest BCUT2D eigenvalue weighted by atomic mass is 9.83. The fourth-order valence-electron chi connectivity index (χ4n) is 4.63. The molecule has 0 saturated carbocycles. The Kier molecular flexibility index (Phi) is 18.0. The summed E-state index contributed by atoms with van der Waals surface area (Å²) in [7, 11) is 0. The van der Waals surface area contributed by atoms with Crippen LogP contribution in [-0.2, 0) is 14.4 Å². The Balaban J connectivity index is 5.03. The topological polar surface area (TPSA) is 132 Å². The van der Waals surface area contributed by atoms with Crippen molar-refractivity contribution in [2.45, 2.75) is 99.7 Å². The summed E-state index contributed by atoms with van der Waals surface area (Å²) in [4.78, 5) is 34.5. The molecule has 0 aromatic rings. The Bertz CT molecular complexity index is 969. The van der Waals surface area contributed by atoms with Crippen molar-refractivity contribution < 1.29 is 34.8 Å². The third kappa shape index (κ3) is 15.7. The Labute approximate surface area is 241 Å². The number of aliphatic carboxylic acids is 2. The van der Waals surface area contributed by atoms with Crippen LogP contribution in [0.15, 0.2) is 59.3 Å². The molecule has 0 aliphatic rings. The average Bonchev–Trinajstić information content (AvgIpc) is 2.87. The van der Waals surface area contributed by atoms with Crippen LogP contribution < -0.4 is 0 Å². The van der Waals surface area contributed by atoms with E-state index in [0.717, 1.165) is 30.1 Å². The van der Waals surface area contributed by atoms with Gasteiger partial charge in [0.05, 0.1) is 12.2 Å². The standard InChI is InChI=1S/C33H52O7/c1-9-28(14-15-29(34)24(5)13-16-30(35)36)19-22(3)12-10-11-21(2)17-25(6)32(39)27(8)33(40)26(7)18-23(4)20-31(37)38/h10-11,14-15,17,19-20,22,24-27,29,33-34,40H,9,12-13,16,18H2,1-8H3,(H,35,36)(H,37,38)/b11-10+,15-14+,21-17+,23-20+,28-19-. The van der Waals surface area contributed by atoms with E-state index in [0.29, 0.717) is 18.4 Å². The van der Waals surface area contributed by atoms with Gasteiger partial charge in [0, 0.05) is 24.3 Å². The zero-order chi connectivity index (χ0) is 31.0. The SMILES string of the molecule is CCC(=C/C(C)C/C=C/C(C)=C/C(C)C(=O)C(C)C(O)C(C)C/C(C)=C/C(=O)O)/C=C/C(O)C(C)CCC(=O)O. The van der Waals surface area contributed by atoms with E-state index < -0.39 is 30.1 Å². The molecule has 0 heterocycles. The van der Waals surface area contributed by atoms with Crippen LogP contribution in [0.3, 0.4) is 0 Å². The van der Waals surface area contributed by atoms with E-state index in [1.807, 2.05) is 45.9 Å². The Morgan fingerprint density at radius 2 is 1.50 bits per heavy atom. The molecule has 0 saturated heterocycles. The molecule has 0 aliphatic carbocycles. The Hall–Kier alpha value is -2.77. The number of carbonyl (C=O) groups excluding carboxylic acids is 1. The lowest BCUT2D eigenvalue weighted by Gasteiger charge is -2.25. The van der Waals surface area contributed by atoms with Crippen LogP contribution in [0.2, 0.25) is 0 Å². The quantitative estimate of drug-likeness (QED) is 0.104. The second kappa shape index (κ2) is 19.3. The molecule has 0 amide bonds. The molecule has 40 heavy (non-hydrogen) atoms. The summed E-state index contributed by atoms with van der Waals surface area (Å²) >= 11 is 0. The molecular weight excluding hydrogens is 508 g/mol. The molecule has 226 valence electrons. The van der Waals surface area contributed by atoms with Gasteiger partial charge in [0.2, 0.25) is 0 Å². The third-order valence-corrected chi connectivity index (χ3v) is 7.22. The molecule has 0 radical (unpaired) electrons. The number of carboxylic acid groups (broad SMARTS) is 2. The van der Waals surface area contributed by atoms with E-state index in [1.165, 1.54) is 0 Å². The van der Waals surface area contributed by atoms with Crippen molar-refractivity contribution in [2.75, 3.05) is 0 Å². The number of aliphatic hydroxyl groups is 2. The first kappa shape index (κ1) is 37.2. The second-order valence-corrected chi connectivity index (χ2v) is 11.4. The summed E-state index contributed by atoms with van der Waals surface area (Å²) in [5.74, 6) is -2.97. The molecular formula is C33H52O7. The number of aliphatic hydroxyl groups excluding tert-OH is 2. The average molecular weight is 561 g/mol. The highest BCUT2D eigenvalue weighted by atomic mass is 16.4. The smallest absolute Gasteiger partial charge is 0.328 e. The maximum atomic E-state index is 12.9. The van der Waals surface area contributed by atoms with Gasteiger partial charge in [0.15, 0.2) is 0 Å². The van der Waals surface area contributed by atoms with Gasteiger partial charge < -0.3 is 20.4 Å². The molecule has 0 bridgehead atoms. The number of hydrogen-bond donors (Lipinski definition) is 4. The fourth-order valence-corrected chi connectivity index (χ4v) is 4.63. The zero-order valence-corrected chi connectivity index (χ0v) is 25.6. The van der Waals surface area contributed by atoms with E-state index in [1.54, 1.807) is 19.9 Å². The largest absolute Gasteiger partial charge is 0.481 e. The van der Waals surface area contributed by atoms with Crippen LogP contribution in [0.4, 0.5) is 0 Å². The molecule has 0 aromatic heterocycles. The number of carboxylic acids is 2. The van der Waals surface area contributed by atoms with Gasteiger partial charge in [0.1, 0.15) is 5.78 Å². The summed E-state index contributed by atoms with van der Waals surface area (Å²) in [6, 6.07) is 0. The van der Waals surface area contributed by atoms with Crippen LogP contribution in [0.5, 0.6) is 0 Å².